The molecule has 1 unspecified atom stereocenters. The summed E-state index contributed by atoms with van der Waals surface area (Å²) in [6.07, 6.45) is 10.2. The van der Waals surface area contributed by atoms with E-state index >= 15 is 0 Å². The van der Waals surface area contributed by atoms with Gasteiger partial charge in [0.05, 0.1) is 18.3 Å². The molecule has 2 saturated heterocycles. The van der Waals surface area contributed by atoms with Crippen LogP contribution in [0.1, 0.15) is 50.5 Å². The predicted octanol–water partition coefficient (Wildman–Crippen LogP) is 4.84. The van der Waals surface area contributed by atoms with Crippen molar-refractivity contribution < 1.29 is 13.9 Å². The van der Waals surface area contributed by atoms with Gasteiger partial charge < -0.3 is 14.1 Å². The lowest BCUT2D eigenvalue weighted by atomic mass is 9.76. The maximum Gasteiger partial charge on any atom is 0.227 e. The van der Waals surface area contributed by atoms with E-state index in [0.29, 0.717) is 12.5 Å². The number of hydrogen-bond acceptors (Lipinski definition) is 4. The van der Waals surface area contributed by atoms with Crippen molar-refractivity contribution in [2.45, 2.75) is 69.1 Å². The van der Waals surface area contributed by atoms with E-state index in [-0.39, 0.29) is 42.4 Å². The third-order valence-electron chi connectivity index (χ3n) is 7.53. The van der Waals surface area contributed by atoms with Crippen LogP contribution in [0.15, 0.2) is 34.9 Å². The molecule has 5 nitrogen and oxygen atoms in total. The zero-order valence-electron chi connectivity index (χ0n) is 18.3. The lowest BCUT2D eigenvalue weighted by Gasteiger charge is -2.48. The fraction of sp³-hybridized carbons (Fsp3) is 0.625. The molecule has 3 atom stereocenters. The van der Waals surface area contributed by atoms with Gasteiger partial charge in [-0.3, -0.25) is 9.69 Å². The van der Waals surface area contributed by atoms with E-state index in [9.17, 15) is 4.79 Å². The number of nitrogens with zero attached hydrogens (tertiary/aromatic N) is 2. The molecular weight excluding hydrogens is 435 g/mol. The second-order valence-corrected chi connectivity index (χ2v) is 9.19. The normalized spacial score (nSPS) is 28.4. The maximum absolute atomic E-state index is 13.3. The molecule has 2 aromatic rings. The highest BCUT2D eigenvalue weighted by Crippen LogP contribution is 2.43. The number of benzene rings is 1. The van der Waals surface area contributed by atoms with Crippen LogP contribution in [0.25, 0.3) is 11.0 Å². The first-order chi connectivity index (χ1) is 14.2. The number of halogens is 2. The Morgan fingerprint density at radius 2 is 1.97 bits per heavy atom. The number of fused-ring (bicyclic) bond motifs is 1. The van der Waals surface area contributed by atoms with Crippen LogP contribution in [-0.2, 0) is 16.0 Å². The van der Waals surface area contributed by atoms with Gasteiger partial charge in [0.25, 0.3) is 0 Å². The van der Waals surface area contributed by atoms with Crippen LogP contribution in [0, 0.1) is 0 Å². The molecule has 31 heavy (non-hydrogen) atoms. The van der Waals surface area contributed by atoms with E-state index in [1.165, 1.54) is 25.7 Å². The third-order valence-corrected chi connectivity index (χ3v) is 7.53. The van der Waals surface area contributed by atoms with E-state index in [1.807, 2.05) is 36.2 Å². The predicted molar refractivity (Wildman–Crippen MR) is 127 cm³/mol. The molecule has 1 amide bonds. The number of ether oxygens (including phenoxy) is 1. The Morgan fingerprint density at radius 1 is 1.16 bits per heavy atom. The van der Waals surface area contributed by atoms with Crippen molar-refractivity contribution in [3.05, 3.63) is 36.1 Å². The average molecular weight is 469 g/mol. The molecule has 3 aliphatic rings. The number of carbonyl (C=O) groups excluding carboxylic acids is 1. The summed E-state index contributed by atoms with van der Waals surface area (Å²) in [4.78, 5) is 18.0. The van der Waals surface area contributed by atoms with Crippen molar-refractivity contribution in [3.63, 3.8) is 0 Å². The summed E-state index contributed by atoms with van der Waals surface area (Å²) in [6.45, 7) is 3.22. The van der Waals surface area contributed by atoms with E-state index in [4.69, 9.17) is 9.15 Å². The van der Waals surface area contributed by atoms with E-state index in [1.54, 1.807) is 6.26 Å². The second kappa shape index (κ2) is 10.1. The summed E-state index contributed by atoms with van der Waals surface area (Å²) in [5.41, 5.74) is 1.97. The van der Waals surface area contributed by atoms with Crippen LogP contribution in [0.2, 0.25) is 0 Å². The van der Waals surface area contributed by atoms with Gasteiger partial charge in [0.2, 0.25) is 5.91 Å². The Bertz CT molecular complexity index is 875. The zero-order valence-corrected chi connectivity index (χ0v) is 19.9. The number of furan rings is 1. The van der Waals surface area contributed by atoms with Gasteiger partial charge in [0.15, 0.2) is 0 Å². The molecule has 172 valence electrons. The average Bonchev–Trinajstić information content (AvgIpc) is 3.49. The molecule has 3 heterocycles. The van der Waals surface area contributed by atoms with Crippen LogP contribution in [0.3, 0.4) is 0 Å². The van der Waals surface area contributed by atoms with E-state index in [2.05, 4.69) is 4.90 Å². The molecule has 1 aromatic heterocycles. The lowest BCUT2D eigenvalue weighted by Crippen LogP contribution is -2.58. The minimum Gasteiger partial charge on any atom is -0.464 e. The highest BCUT2D eigenvalue weighted by molar-refractivity contribution is 5.87. The number of likely N-dealkylation sites (tertiary alicyclic amines) is 1. The first-order valence-corrected chi connectivity index (χ1v) is 11.2. The van der Waals surface area contributed by atoms with Gasteiger partial charge in [-0.15, -0.1) is 24.8 Å². The topological polar surface area (TPSA) is 45.9 Å². The molecule has 1 aromatic carbocycles. The SMILES string of the molecule is CN(C(=O)Cc1cccc2occc12)C1CC[C@@]2(CCCO2)C[C@@H]1N1CCCC1.Cl.Cl. The standard InChI is InChI=1S/C24H32N2O3.2ClH/c1-25(23(27)16-18-6-4-7-22-19(18)9-15-28-22)20-8-11-24(10-5-14-29-24)17-21(20)26-12-2-3-13-26;;/h4,6-7,9,15,20-21H,2-3,5,8,10-14,16-17H2,1H3;2*1H/t20?,21-,24-;;/m0../s1. The van der Waals surface area contributed by atoms with Crippen molar-refractivity contribution >= 4 is 41.7 Å². The molecule has 1 saturated carbocycles. The Labute approximate surface area is 197 Å². The summed E-state index contributed by atoms with van der Waals surface area (Å²) >= 11 is 0. The van der Waals surface area contributed by atoms with Crippen LogP contribution >= 0.6 is 24.8 Å². The van der Waals surface area contributed by atoms with Crippen molar-refractivity contribution in [3.8, 4) is 0 Å². The maximum atomic E-state index is 13.3. The van der Waals surface area contributed by atoms with Crippen LogP contribution < -0.4 is 0 Å². The number of hydrogen-bond donors (Lipinski definition) is 0. The van der Waals surface area contributed by atoms with Crippen LogP contribution in [0.5, 0.6) is 0 Å². The molecule has 1 aliphatic carbocycles. The molecule has 7 heteroatoms. The third kappa shape index (κ3) is 4.75. The van der Waals surface area contributed by atoms with Gasteiger partial charge in [-0.2, -0.15) is 0 Å². The molecule has 3 fully saturated rings. The Morgan fingerprint density at radius 3 is 2.71 bits per heavy atom. The summed E-state index contributed by atoms with van der Waals surface area (Å²) in [5.74, 6) is 0.205. The molecule has 0 bridgehead atoms. The first kappa shape index (κ1) is 24.4. The highest BCUT2D eigenvalue weighted by Gasteiger charge is 2.47. The summed E-state index contributed by atoms with van der Waals surface area (Å²) in [7, 11) is 2.01. The van der Waals surface area contributed by atoms with Gasteiger partial charge in [-0.1, -0.05) is 12.1 Å². The molecular formula is C24H34Cl2N2O3. The van der Waals surface area contributed by atoms with Gasteiger partial charge >= 0.3 is 0 Å². The second-order valence-electron chi connectivity index (χ2n) is 9.19. The largest absolute Gasteiger partial charge is 0.464 e. The summed E-state index contributed by atoms with van der Waals surface area (Å²) in [5, 5.41) is 1.05. The van der Waals surface area contributed by atoms with Crippen molar-refractivity contribution in [2.24, 2.45) is 0 Å². The first-order valence-electron chi connectivity index (χ1n) is 11.2. The lowest BCUT2D eigenvalue weighted by molar-refractivity contribution is -0.136. The van der Waals surface area contributed by atoms with Crippen molar-refractivity contribution in [1.82, 2.24) is 9.80 Å². The van der Waals surface area contributed by atoms with Crippen LogP contribution in [-0.4, -0.2) is 60.1 Å². The number of likely N-dealkylation sites (N-methyl/N-ethyl adjacent to an activating group) is 1. The van der Waals surface area contributed by atoms with Gasteiger partial charge in [-0.05, 0) is 75.7 Å². The minimum absolute atomic E-state index is 0. The fourth-order valence-corrected chi connectivity index (χ4v) is 5.92. The minimum atomic E-state index is 0. The monoisotopic (exact) mass is 468 g/mol. The van der Waals surface area contributed by atoms with Crippen molar-refractivity contribution in [1.29, 1.82) is 0 Å². The van der Waals surface area contributed by atoms with Gasteiger partial charge in [0, 0.05) is 31.1 Å². The Kier molecular flexibility index (Phi) is 7.95. The molecule has 1 spiro atoms. The Balaban J connectivity index is 0.00000136. The van der Waals surface area contributed by atoms with E-state index < -0.39 is 0 Å². The quantitative estimate of drug-likeness (QED) is 0.643. The van der Waals surface area contributed by atoms with Gasteiger partial charge in [-0.25, -0.2) is 0 Å². The molecule has 0 N–H and O–H groups in total. The summed E-state index contributed by atoms with van der Waals surface area (Å²) < 4.78 is 11.8. The van der Waals surface area contributed by atoms with Gasteiger partial charge in [0.1, 0.15) is 5.58 Å². The fourth-order valence-electron chi connectivity index (χ4n) is 5.92. The molecule has 5 rings (SSSR count). The number of carbonyl (C=O) groups is 1. The number of amides is 1. The Hall–Kier alpha value is -1.27. The number of rotatable bonds is 4. The zero-order chi connectivity index (χ0) is 19.8. The van der Waals surface area contributed by atoms with Crippen LogP contribution in [0.4, 0.5) is 0 Å². The van der Waals surface area contributed by atoms with E-state index in [0.717, 1.165) is 55.5 Å². The highest BCUT2D eigenvalue weighted by atomic mass is 35.5. The smallest absolute Gasteiger partial charge is 0.227 e. The molecule has 2 aliphatic heterocycles. The summed E-state index contributed by atoms with van der Waals surface area (Å²) in [6, 6.07) is 8.64. The van der Waals surface area contributed by atoms with Crippen molar-refractivity contribution in [2.75, 3.05) is 26.7 Å². The molecule has 0 radical (unpaired) electrons.